The molecule has 2 aliphatic heterocycles. The summed E-state index contributed by atoms with van der Waals surface area (Å²) in [5.74, 6) is 0.234. The van der Waals surface area contributed by atoms with Crippen molar-refractivity contribution in [2.75, 3.05) is 41.3 Å². The highest BCUT2D eigenvalue weighted by Crippen LogP contribution is 2.34. The van der Waals surface area contributed by atoms with Crippen LogP contribution in [-0.4, -0.2) is 37.0 Å². The van der Waals surface area contributed by atoms with Gasteiger partial charge in [0.1, 0.15) is 5.69 Å². The monoisotopic (exact) mass is 456 g/mol. The summed E-state index contributed by atoms with van der Waals surface area (Å²) in [6.07, 6.45) is 5.56. The number of nitrogens with zero attached hydrogens (tertiary/aromatic N) is 3. The van der Waals surface area contributed by atoms with Crippen LogP contribution in [0.25, 0.3) is 0 Å². The van der Waals surface area contributed by atoms with Gasteiger partial charge in [-0.05, 0) is 68.4 Å². The maximum atomic E-state index is 12.8. The molecule has 1 amide bonds. The normalized spacial score (nSPS) is 17.3. The molecule has 2 aromatic rings. The standard InChI is InChI=1S/C24H29ClN4O3/c1-17-9-13-28(14-10-17)22-7-5-18(15-23(22)29(31)32)24(30)26-19-6-8-21(20(25)16-19)27-11-3-2-4-12-27/h5-8,15-17H,2-4,9-14H2,1H3,(H,26,30). The van der Waals surface area contributed by atoms with E-state index in [9.17, 15) is 14.9 Å². The summed E-state index contributed by atoms with van der Waals surface area (Å²) >= 11 is 6.49. The van der Waals surface area contributed by atoms with Crippen LogP contribution in [0.4, 0.5) is 22.7 Å². The quantitative estimate of drug-likeness (QED) is 0.459. The van der Waals surface area contributed by atoms with Crippen molar-refractivity contribution in [2.24, 2.45) is 5.92 Å². The van der Waals surface area contributed by atoms with E-state index in [0.717, 1.165) is 57.5 Å². The van der Waals surface area contributed by atoms with Gasteiger partial charge in [0.05, 0.1) is 15.6 Å². The molecule has 0 bridgehead atoms. The van der Waals surface area contributed by atoms with E-state index < -0.39 is 10.8 Å². The van der Waals surface area contributed by atoms with Crippen molar-refractivity contribution in [2.45, 2.75) is 39.0 Å². The molecule has 2 fully saturated rings. The van der Waals surface area contributed by atoms with Crippen molar-refractivity contribution >= 4 is 40.3 Å². The van der Waals surface area contributed by atoms with Gasteiger partial charge in [-0.15, -0.1) is 0 Å². The minimum atomic E-state index is -0.408. The van der Waals surface area contributed by atoms with Gasteiger partial charge in [-0.25, -0.2) is 0 Å². The van der Waals surface area contributed by atoms with Gasteiger partial charge >= 0.3 is 0 Å². The van der Waals surface area contributed by atoms with Crippen LogP contribution in [0.15, 0.2) is 36.4 Å². The summed E-state index contributed by atoms with van der Waals surface area (Å²) in [5.41, 5.74) is 2.33. The van der Waals surface area contributed by atoms with Crippen molar-refractivity contribution in [3.05, 3.63) is 57.1 Å². The van der Waals surface area contributed by atoms with Crippen LogP contribution in [-0.2, 0) is 0 Å². The first kappa shape index (κ1) is 22.4. The molecule has 8 heteroatoms. The molecule has 0 atom stereocenters. The van der Waals surface area contributed by atoms with E-state index in [1.54, 1.807) is 18.2 Å². The third-order valence-corrected chi connectivity index (χ3v) is 6.76. The topological polar surface area (TPSA) is 78.7 Å². The number of rotatable bonds is 5. The number of carbonyl (C=O) groups excluding carboxylic acids is 1. The third-order valence-electron chi connectivity index (χ3n) is 6.46. The highest BCUT2D eigenvalue weighted by Gasteiger charge is 2.25. The predicted molar refractivity (Wildman–Crippen MR) is 129 cm³/mol. The lowest BCUT2D eigenvalue weighted by atomic mass is 9.98. The zero-order valence-corrected chi connectivity index (χ0v) is 19.1. The number of benzene rings is 2. The molecule has 0 unspecified atom stereocenters. The maximum Gasteiger partial charge on any atom is 0.293 e. The SMILES string of the molecule is CC1CCN(c2ccc(C(=O)Nc3ccc(N4CCCCC4)c(Cl)c3)cc2[N+](=O)[O-])CC1. The van der Waals surface area contributed by atoms with E-state index in [4.69, 9.17) is 11.6 Å². The largest absolute Gasteiger partial charge is 0.370 e. The van der Waals surface area contributed by atoms with E-state index in [1.807, 2.05) is 17.0 Å². The van der Waals surface area contributed by atoms with Crippen LogP contribution in [0.5, 0.6) is 0 Å². The van der Waals surface area contributed by atoms with Gasteiger partial charge in [0.15, 0.2) is 0 Å². The minimum absolute atomic E-state index is 0.0364. The second-order valence-corrected chi connectivity index (χ2v) is 9.21. The molecule has 4 rings (SSSR count). The predicted octanol–water partition coefficient (Wildman–Crippen LogP) is 5.73. The number of halogens is 1. The van der Waals surface area contributed by atoms with Crippen LogP contribution in [0.2, 0.25) is 5.02 Å². The van der Waals surface area contributed by atoms with Gasteiger partial charge in [-0.2, -0.15) is 0 Å². The smallest absolute Gasteiger partial charge is 0.293 e. The number of carbonyl (C=O) groups is 1. The minimum Gasteiger partial charge on any atom is -0.370 e. The summed E-state index contributed by atoms with van der Waals surface area (Å²) in [5, 5.41) is 15.1. The van der Waals surface area contributed by atoms with Crippen LogP contribution < -0.4 is 15.1 Å². The van der Waals surface area contributed by atoms with Crippen molar-refractivity contribution in [1.29, 1.82) is 0 Å². The van der Waals surface area contributed by atoms with Crippen LogP contribution in [0.1, 0.15) is 49.4 Å². The van der Waals surface area contributed by atoms with E-state index in [1.165, 1.54) is 12.5 Å². The molecule has 2 aromatic carbocycles. The number of anilines is 3. The first-order valence-corrected chi connectivity index (χ1v) is 11.7. The number of nitro benzene ring substituents is 1. The number of nitro groups is 1. The summed E-state index contributed by atoms with van der Waals surface area (Å²) in [4.78, 5) is 28.4. The molecule has 0 radical (unpaired) electrons. The average Bonchev–Trinajstić information content (AvgIpc) is 2.80. The molecular formula is C24H29ClN4O3. The molecule has 0 aromatic heterocycles. The van der Waals surface area contributed by atoms with Gasteiger partial charge in [0, 0.05) is 43.5 Å². The molecule has 1 N–H and O–H groups in total. The molecule has 0 saturated carbocycles. The average molecular weight is 457 g/mol. The number of amides is 1. The lowest BCUT2D eigenvalue weighted by Gasteiger charge is -2.31. The number of hydrogen-bond acceptors (Lipinski definition) is 5. The Morgan fingerprint density at radius 1 is 1.00 bits per heavy atom. The summed E-state index contributed by atoms with van der Waals surface area (Å²) in [6, 6.07) is 10.2. The van der Waals surface area contributed by atoms with Crippen molar-refractivity contribution in [3.8, 4) is 0 Å². The maximum absolute atomic E-state index is 12.8. The molecule has 7 nitrogen and oxygen atoms in total. The zero-order chi connectivity index (χ0) is 22.7. The Hall–Kier alpha value is -2.80. The molecular weight excluding hydrogens is 428 g/mol. The lowest BCUT2D eigenvalue weighted by molar-refractivity contribution is -0.384. The first-order chi connectivity index (χ1) is 15.4. The zero-order valence-electron chi connectivity index (χ0n) is 18.3. The Bertz CT molecular complexity index is 999. The number of piperidine rings is 2. The van der Waals surface area contributed by atoms with Crippen molar-refractivity contribution in [3.63, 3.8) is 0 Å². The Morgan fingerprint density at radius 3 is 2.31 bits per heavy atom. The van der Waals surface area contributed by atoms with Crippen molar-refractivity contribution in [1.82, 2.24) is 0 Å². The third kappa shape index (κ3) is 4.99. The fourth-order valence-electron chi connectivity index (χ4n) is 4.51. The van der Waals surface area contributed by atoms with Gasteiger partial charge in [-0.3, -0.25) is 14.9 Å². The van der Waals surface area contributed by atoms with Gasteiger partial charge in [0.25, 0.3) is 11.6 Å². The molecule has 0 spiro atoms. The number of hydrogen-bond donors (Lipinski definition) is 1. The van der Waals surface area contributed by atoms with E-state index in [2.05, 4.69) is 17.1 Å². The summed E-state index contributed by atoms with van der Waals surface area (Å²) in [6.45, 7) is 5.74. The van der Waals surface area contributed by atoms with Crippen LogP contribution in [0.3, 0.4) is 0 Å². The first-order valence-electron chi connectivity index (χ1n) is 11.3. The molecule has 2 aliphatic rings. The van der Waals surface area contributed by atoms with E-state index >= 15 is 0 Å². The molecule has 32 heavy (non-hydrogen) atoms. The fraction of sp³-hybridized carbons (Fsp3) is 0.458. The van der Waals surface area contributed by atoms with Gasteiger partial charge in [0.2, 0.25) is 0 Å². The number of nitrogens with one attached hydrogen (secondary N) is 1. The van der Waals surface area contributed by atoms with E-state index in [0.29, 0.717) is 22.3 Å². The van der Waals surface area contributed by atoms with Gasteiger partial charge < -0.3 is 15.1 Å². The molecule has 170 valence electrons. The summed E-state index contributed by atoms with van der Waals surface area (Å²) < 4.78 is 0. The Morgan fingerprint density at radius 2 is 1.66 bits per heavy atom. The van der Waals surface area contributed by atoms with Gasteiger partial charge in [-0.1, -0.05) is 18.5 Å². The molecule has 0 aliphatic carbocycles. The highest BCUT2D eigenvalue weighted by atomic mass is 35.5. The Balaban J connectivity index is 1.50. The molecule has 2 heterocycles. The Kier molecular flexibility index (Phi) is 6.84. The lowest BCUT2D eigenvalue weighted by Crippen LogP contribution is -2.33. The van der Waals surface area contributed by atoms with Crippen LogP contribution >= 0.6 is 11.6 Å². The summed E-state index contributed by atoms with van der Waals surface area (Å²) in [7, 11) is 0. The second kappa shape index (κ2) is 9.77. The molecule has 2 saturated heterocycles. The Labute approximate surface area is 193 Å². The fourth-order valence-corrected chi connectivity index (χ4v) is 4.81. The van der Waals surface area contributed by atoms with Crippen LogP contribution in [0, 0.1) is 16.0 Å². The van der Waals surface area contributed by atoms with Crippen molar-refractivity contribution < 1.29 is 9.72 Å². The highest BCUT2D eigenvalue weighted by molar-refractivity contribution is 6.33. The second-order valence-electron chi connectivity index (χ2n) is 8.80. The van der Waals surface area contributed by atoms with E-state index in [-0.39, 0.29) is 11.3 Å².